The molecule has 0 atom stereocenters. The smallest absolute Gasteiger partial charge is 0.333 e. The molecule has 4 amide bonds. The number of hydrogen-bond acceptors (Lipinski definition) is 6. The number of imide groups is 2. The molecule has 1 aromatic heterocycles. The zero-order valence-corrected chi connectivity index (χ0v) is 14.8. The van der Waals surface area contributed by atoms with E-state index in [0.717, 1.165) is 15.4 Å². The fraction of sp³-hybridized carbons (Fsp3) is 0.167. The van der Waals surface area contributed by atoms with Crippen molar-refractivity contribution in [3.63, 3.8) is 0 Å². The molecule has 0 N–H and O–H groups in total. The van der Waals surface area contributed by atoms with Crippen molar-refractivity contribution in [2.75, 3.05) is 14.1 Å². The summed E-state index contributed by atoms with van der Waals surface area (Å²) in [5, 5.41) is 11.0. The molecule has 1 saturated heterocycles. The van der Waals surface area contributed by atoms with Crippen LogP contribution < -0.4 is 0 Å². The Morgan fingerprint density at radius 1 is 1.04 bits per heavy atom. The monoisotopic (exact) mass is 369 g/mol. The molecule has 1 fully saturated rings. The molecule has 0 radical (unpaired) electrons. The fourth-order valence-corrected chi connectivity index (χ4v) is 2.68. The average molecular weight is 369 g/mol. The van der Waals surface area contributed by atoms with Crippen LogP contribution in [-0.2, 0) is 9.59 Å². The van der Waals surface area contributed by atoms with E-state index in [0.29, 0.717) is 11.3 Å². The molecule has 9 nitrogen and oxygen atoms in total. The summed E-state index contributed by atoms with van der Waals surface area (Å²) in [5.74, 6) is -0.888. The third kappa shape index (κ3) is 3.10. The van der Waals surface area contributed by atoms with Crippen LogP contribution in [0.5, 0.6) is 0 Å². The molecular formula is C18H15N3O6. The Morgan fingerprint density at radius 3 is 2.26 bits per heavy atom. The van der Waals surface area contributed by atoms with Crippen LogP contribution in [0.2, 0.25) is 0 Å². The van der Waals surface area contributed by atoms with E-state index in [2.05, 4.69) is 0 Å². The number of carbonyl (C=O) groups excluding carboxylic acids is 3. The lowest BCUT2D eigenvalue weighted by molar-refractivity contribution is -0.384. The maximum absolute atomic E-state index is 12.2. The van der Waals surface area contributed by atoms with Gasteiger partial charge in [-0.1, -0.05) is 6.07 Å². The number of hydrogen-bond donors (Lipinski definition) is 0. The van der Waals surface area contributed by atoms with Gasteiger partial charge in [-0.25, -0.2) is 4.79 Å². The van der Waals surface area contributed by atoms with Gasteiger partial charge in [0.25, 0.3) is 17.5 Å². The second kappa shape index (κ2) is 6.52. The Kier molecular flexibility index (Phi) is 4.36. The first kappa shape index (κ1) is 18.1. The van der Waals surface area contributed by atoms with Gasteiger partial charge in [-0.3, -0.25) is 29.5 Å². The number of carbonyl (C=O) groups is 3. The highest BCUT2D eigenvalue weighted by atomic mass is 16.6. The molecule has 138 valence electrons. The van der Waals surface area contributed by atoms with E-state index < -0.39 is 22.8 Å². The maximum Gasteiger partial charge on any atom is 0.333 e. The highest BCUT2D eigenvalue weighted by Gasteiger charge is 2.38. The molecule has 1 aliphatic rings. The number of benzene rings is 1. The Morgan fingerprint density at radius 2 is 1.67 bits per heavy atom. The van der Waals surface area contributed by atoms with Gasteiger partial charge < -0.3 is 4.42 Å². The lowest BCUT2D eigenvalue weighted by Gasteiger charge is -2.28. The number of nitro benzene ring substituents is 1. The van der Waals surface area contributed by atoms with Gasteiger partial charge in [-0.05, 0) is 30.7 Å². The molecule has 1 aliphatic heterocycles. The predicted molar refractivity (Wildman–Crippen MR) is 94.4 cm³/mol. The summed E-state index contributed by atoms with van der Waals surface area (Å²) in [6.45, 7) is 1.78. The lowest BCUT2D eigenvalue weighted by atomic mass is 10.1. The van der Waals surface area contributed by atoms with Crippen molar-refractivity contribution in [3.05, 3.63) is 57.3 Å². The predicted octanol–water partition coefficient (Wildman–Crippen LogP) is 2.60. The van der Waals surface area contributed by atoms with Crippen molar-refractivity contribution in [1.29, 1.82) is 0 Å². The zero-order chi connectivity index (χ0) is 19.9. The van der Waals surface area contributed by atoms with Gasteiger partial charge in [0.1, 0.15) is 17.1 Å². The Bertz CT molecular complexity index is 994. The van der Waals surface area contributed by atoms with Gasteiger partial charge in [0.05, 0.1) is 4.92 Å². The number of nitro groups is 1. The number of rotatable bonds is 3. The molecule has 2 aromatic rings. The standard InChI is InChI=1S/C18H15N3O6/c1-10-4-5-11(21(25)26)8-13(10)15-7-6-12(27-15)9-14-16(22)19(2)18(24)20(3)17(14)23/h4-9H,1-3H3. The largest absolute Gasteiger partial charge is 0.457 e. The van der Waals surface area contributed by atoms with E-state index in [1.54, 1.807) is 19.1 Å². The number of aryl methyl sites for hydroxylation is 1. The van der Waals surface area contributed by atoms with E-state index in [1.165, 1.54) is 38.4 Å². The van der Waals surface area contributed by atoms with Crippen molar-refractivity contribution in [2.24, 2.45) is 0 Å². The molecule has 9 heteroatoms. The highest BCUT2D eigenvalue weighted by molar-refractivity contribution is 6.30. The molecule has 1 aromatic carbocycles. The SMILES string of the molecule is Cc1ccc([N+](=O)[O-])cc1-c1ccc(C=C2C(=O)N(C)C(=O)N(C)C2=O)o1. The number of nitrogens with zero attached hydrogens (tertiary/aromatic N) is 3. The first-order valence-corrected chi connectivity index (χ1v) is 7.87. The fourth-order valence-electron chi connectivity index (χ4n) is 2.68. The lowest BCUT2D eigenvalue weighted by Crippen LogP contribution is -2.52. The Balaban J connectivity index is 1.99. The summed E-state index contributed by atoms with van der Waals surface area (Å²) in [6.07, 6.45) is 1.25. The maximum atomic E-state index is 12.2. The van der Waals surface area contributed by atoms with Gasteiger partial charge in [0.2, 0.25) is 0 Å². The summed E-state index contributed by atoms with van der Waals surface area (Å²) < 4.78 is 5.66. The summed E-state index contributed by atoms with van der Waals surface area (Å²) in [7, 11) is 2.56. The molecule has 27 heavy (non-hydrogen) atoms. The van der Waals surface area contributed by atoms with Crippen LogP contribution in [-0.4, -0.2) is 46.7 Å². The summed E-state index contributed by atoms with van der Waals surface area (Å²) in [6, 6.07) is 6.81. The normalized spacial score (nSPS) is 14.8. The molecule has 2 heterocycles. The molecule has 0 bridgehead atoms. The summed E-state index contributed by atoms with van der Waals surface area (Å²) in [4.78, 5) is 48.3. The van der Waals surface area contributed by atoms with E-state index >= 15 is 0 Å². The van der Waals surface area contributed by atoms with Crippen molar-refractivity contribution in [3.8, 4) is 11.3 Å². The van der Waals surface area contributed by atoms with E-state index in [9.17, 15) is 24.5 Å². The minimum atomic E-state index is -0.729. The van der Waals surface area contributed by atoms with Crippen LogP contribution in [0, 0.1) is 17.0 Å². The second-order valence-corrected chi connectivity index (χ2v) is 6.03. The van der Waals surface area contributed by atoms with E-state index in [1.807, 2.05) is 0 Å². The first-order chi connectivity index (χ1) is 12.7. The summed E-state index contributed by atoms with van der Waals surface area (Å²) in [5.41, 5.74) is 1.01. The number of urea groups is 1. The number of non-ortho nitro benzene ring substituents is 1. The minimum Gasteiger partial charge on any atom is -0.457 e. The average Bonchev–Trinajstić information content (AvgIpc) is 3.10. The van der Waals surface area contributed by atoms with Crippen LogP contribution in [0.25, 0.3) is 17.4 Å². The van der Waals surface area contributed by atoms with Gasteiger partial charge in [0.15, 0.2) is 0 Å². The topological polar surface area (TPSA) is 114 Å². The van der Waals surface area contributed by atoms with Gasteiger partial charge in [-0.15, -0.1) is 0 Å². The number of likely N-dealkylation sites (N-methyl/N-ethyl adjacent to an activating group) is 2. The molecule has 0 unspecified atom stereocenters. The van der Waals surface area contributed by atoms with Crippen LogP contribution in [0.4, 0.5) is 10.5 Å². The Labute approximate surface area is 153 Å². The van der Waals surface area contributed by atoms with Crippen LogP contribution >= 0.6 is 0 Å². The molecular weight excluding hydrogens is 354 g/mol. The van der Waals surface area contributed by atoms with Crippen LogP contribution in [0.1, 0.15) is 11.3 Å². The van der Waals surface area contributed by atoms with Crippen molar-refractivity contribution >= 4 is 29.6 Å². The van der Waals surface area contributed by atoms with E-state index in [4.69, 9.17) is 4.42 Å². The molecule has 0 aliphatic carbocycles. The minimum absolute atomic E-state index is 0.0775. The van der Waals surface area contributed by atoms with Crippen LogP contribution in [0.15, 0.2) is 40.3 Å². The number of amides is 4. The molecule has 0 saturated carbocycles. The summed E-state index contributed by atoms with van der Waals surface area (Å²) >= 11 is 0. The van der Waals surface area contributed by atoms with E-state index in [-0.39, 0.29) is 17.0 Å². The van der Waals surface area contributed by atoms with Crippen molar-refractivity contribution in [2.45, 2.75) is 6.92 Å². The third-order valence-corrected chi connectivity index (χ3v) is 4.25. The number of furan rings is 1. The van der Waals surface area contributed by atoms with Crippen molar-refractivity contribution < 1.29 is 23.7 Å². The molecule has 0 spiro atoms. The van der Waals surface area contributed by atoms with Gasteiger partial charge in [-0.2, -0.15) is 0 Å². The second-order valence-electron chi connectivity index (χ2n) is 6.03. The van der Waals surface area contributed by atoms with Gasteiger partial charge >= 0.3 is 6.03 Å². The molecule has 3 rings (SSSR count). The first-order valence-electron chi connectivity index (χ1n) is 7.87. The Hall–Kier alpha value is -3.75. The highest BCUT2D eigenvalue weighted by Crippen LogP contribution is 2.30. The number of barbiturate groups is 1. The van der Waals surface area contributed by atoms with Crippen molar-refractivity contribution in [1.82, 2.24) is 9.80 Å². The zero-order valence-electron chi connectivity index (χ0n) is 14.8. The third-order valence-electron chi connectivity index (χ3n) is 4.25. The van der Waals surface area contributed by atoms with Gasteiger partial charge in [0, 0.05) is 31.8 Å². The quantitative estimate of drug-likeness (QED) is 0.355. The van der Waals surface area contributed by atoms with Crippen LogP contribution in [0.3, 0.4) is 0 Å².